The number of furan rings is 1. The maximum atomic E-state index is 13.2. The van der Waals surface area contributed by atoms with Crippen LogP contribution in [-0.2, 0) is 12.6 Å². The zero-order valence-electron chi connectivity index (χ0n) is 16.0. The Labute approximate surface area is 194 Å². The minimum atomic E-state index is -4.55. The number of carbonyl (C=O) groups excluding carboxylic acids is 1. The average molecular weight is 497 g/mol. The third kappa shape index (κ3) is 4.98. The van der Waals surface area contributed by atoms with Crippen LogP contribution in [0, 0.1) is 0 Å². The Balaban J connectivity index is 1.48. The number of benzene rings is 2. The Morgan fingerprint density at radius 2 is 1.88 bits per heavy atom. The van der Waals surface area contributed by atoms with Crippen LogP contribution in [0.2, 0.25) is 10.0 Å². The van der Waals surface area contributed by atoms with Gasteiger partial charge in [-0.15, -0.1) is 11.3 Å². The molecule has 164 valence electrons. The first-order valence-electron chi connectivity index (χ1n) is 9.17. The summed E-state index contributed by atoms with van der Waals surface area (Å²) in [5, 5.41) is 3.98. The van der Waals surface area contributed by atoms with Gasteiger partial charge in [-0.3, -0.25) is 10.1 Å². The molecule has 0 saturated carbocycles. The highest BCUT2D eigenvalue weighted by atomic mass is 35.5. The topological polar surface area (TPSA) is 55.1 Å². The molecule has 0 aliphatic heterocycles. The minimum Gasteiger partial charge on any atom is -0.451 e. The molecule has 0 spiro atoms. The number of nitrogens with zero attached hydrogens (tertiary/aromatic N) is 1. The Morgan fingerprint density at radius 3 is 2.62 bits per heavy atom. The van der Waals surface area contributed by atoms with E-state index in [1.807, 2.05) is 6.07 Å². The molecule has 0 atom stereocenters. The van der Waals surface area contributed by atoms with Gasteiger partial charge in [0.05, 0.1) is 5.56 Å². The smallest absolute Gasteiger partial charge is 0.417 e. The summed E-state index contributed by atoms with van der Waals surface area (Å²) >= 11 is 13.3. The minimum absolute atomic E-state index is 0.0553. The molecule has 0 unspecified atom stereocenters. The summed E-state index contributed by atoms with van der Waals surface area (Å²) in [4.78, 5) is 17.5. The lowest BCUT2D eigenvalue weighted by Gasteiger charge is -2.10. The number of aromatic nitrogens is 1. The van der Waals surface area contributed by atoms with Crippen LogP contribution < -0.4 is 5.32 Å². The Kier molecular flexibility index (Phi) is 6.28. The van der Waals surface area contributed by atoms with Crippen LogP contribution in [0.15, 0.2) is 65.2 Å². The number of halogens is 5. The van der Waals surface area contributed by atoms with E-state index in [1.54, 1.807) is 18.3 Å². The summed E-state index contributed by atoms with van der Waals surface area (Å²) in [7, 11) is 0. The van der Waals surface area contributed by atoms with Crippen LogP contribution >= 0.6 is 34.5 Å². The van der Waals surface area contributed by atoms with Gasteiger partial charge in [-0.1, -0.05) is 47.5 Å². The molecule has 2 heterocycles. The van der Waals surface area contributed by atoms with Gasteiger partial charge in [-0.05, 0) is 35.9 Å². The highest BCUT2D eigenvalue weighted by molar-refractivity contribution is 7.15. The fourth-order valence-corrected chi connectivity index (χ4v) is 4.31. The number of carbonyl (C=O) groups is 1. The third-order valence-electron chi connectivity index (χ3n) is 4.48. The second kappa shape index (κ2) is 8.97. The van der Waals surface area contributed by atoms with Crippen molar-refractivity contribution in [1.29, 1.82) is 0 Å². The van der Waals surface area contributed by atoms with E-state index in [2.05, 4.69) is 10.3 Å². The highest BCUT2D eigenvalue weighted by Crippen LogP contribution is 2.37. The van der Waals surface area contributed by atoms with Gasteiger partial charge in [0.2, 0.25) is 0 Å². The first kappa shape index (κ1) is 22.4. The van der Waals surface area contributed by atoms with E-state index < -0.39 is 17.6 Å². The van der Waals surface area contributed by atoms with Gasteiger partial charge in [0.15, 0.2) is 10.9 Å². The molecule has 0 aliphatic rings. The molecule has 1 N–H and O–H groups in total. The largest absolute Gasteiger partial charge is 0.451 e. The number of alkyl halides is 3. The van der Waals surface area contributed by atoms with E-state index in [-0.39, 0.29) is 17.1 Å². The maximum Gasteiger partial charge on any atom is 0.417 e. The van der Waals surface area contributed by atoms with Gasteiger partial charge in [-0.25, -0.2) is 4.98 Å². The summed E-state index contributed by atoms with van der Waals surface area (Å²) in [5.41, 5.74) is -0.126. The van der Waals surface area contributed by atoms with Crippen molar-refractivity contribution in [2.24, 2.45) is 0 Å². The van der Waals surface area contributed by atoms with E-state index in [0.717, 1.165) is 16.5 Å². The molecule has 0 aliphatic carbocycles. The van der Waals surface area contributed by atoms with Gasteiger partial charge in [0.25, 0.3) is 5.91 Å². The Morgan fingerprint density at radius 1 is 1.09 bits per heavy atom. The van der Waals surface area contributed by atoms with E-state index in [0.29, 0.717) is 21.6 Å². The molecular formula is C22H13Cl2F3N2O2S. The van der Waals surface area contributed by atoms with Crippen molar-refractivity contribution in [3.63, 3.8) is 0 Å². The first-order valence-corrected chi connectivity index (χ1v) is 10.7. The number of amides is 1. The Bertz CT molecular complexity index is 1280. The summed E-state index contributed by atoms with van der Waals surface area (Å²) in [6.45, 7) is 0. The molecule has 4 aromatic rings. The predicted molar refractivity (Wildman–Crippen MR) is 118 cm³/mol. The normalized spacial score (nSPS) is 11.5. The number of thiazole rings is 1. The molecule has 10 heteroatoms. The zero-order chi connectivity index (χ0) is 22.9. The van der Waals surface area contributed by atoms with Crippen molar-refractivity contribution >= 4 is 45.6 Å². The number of hydrogen-bond acceptors (Lipinski definition) is 4. The van der Waals surface area contributed by atoms with E-state index in [1.165, 1.54) is 41.7 Å². The molecule has 0 saturated heterocycles. The molecule has 0 fully saturated rings. The van der Waals surface area contributed by atoms with E-state index in [4.69, 9.17) is 27.6 Å². The lowest BCUT2D eigenvalue weighted by molar-refractivity contribution is -0.137. The number of nitrogens with one attached hydrogen (secondary N) is 1. The van der Waals surface area contributed by atoms with Gasteiger partial charge in [0, 0.05) is 33.1 Å². The molecule has 2 aromatic heterocycles. The summed E-state index contributed by atoms with van der Waals surface area (Å²) < 4.78 is 45.1. The third-order valence-corrected chi connectivity index (χ3v) is 5.98. The van der Waals surface area contributed by atoms with Gasteiger partial charge in [0.1, 0.15) is 5.76 Å². The van der Waals surface area contributed by atoms with Crippen molar-refractivity contribution in [3.05, 3.63) is 92.6 Å². The SMILES string of the molecule is O=C(Nc1ncc(Cc2ccc(Cl)cc2Cl)s1)c1ccc(-c2ccccc2C(F)(F)F)o1. The molecule has 32 heavy (non-hydrogen) atoms. The molecule has 0 radical (unpaired) electrons. The first-order chi connectivity index (χ1) is 15.2. The number of anilines is 1. The quantitative estimate of drug-likeness (QED) is 0.309. The van der Waals surface area contributed by atoms with Crippen LogP contribution in [0.1, 0.15) is 26.6 Å². The van der Waals surface area contributed by atoms with Gasteiger partial charge < -0.3 is 4.42 Å². The summed E-state index contributed by atoms with van der Waals surface area (Å²) in [6.07, 6.45) is -2.43. The molecular weight excluding hydrogens is 484 g/mol. The fraction of sp³-hybridized carbons (Fsp3) is 0.0909. The zero-order valence-corrected chi connectivity index (χ0v) is 18.4. The van der Waals surface area contributed by atoms with Crippen LogP contribution in [0.3, 0.4) is 0 Å². The number of hydrogen-bond donors (Lipinski definition) is 1. The fourth-order valence-electron chi connectivity index (χ4n) is 3.01. The Hall–Kier alpha value is -2.81. The summed E-state index contributed by atoms with van der Waals surface area (Å²) in [5.74, 6) is -0.805. The van der Waals surface area contributed by atoms with Gasteiger partial charge >= 0.3 is 6.18 Å². The van der Waals surface area contributed by atoms with E-state index in [9.17, 15) is 18.0 Å². The van der Waals surface area contributed by atoms with Gasteiger partial charge in [-0.2, -0.15) is 13.2 Å². The van der Waals surface area contributed by atoms with E-state index >= 15 is 0 Å². The average Bonchev–Trinajstić information content (AvgIpc) is 3.39. The maximum absolute atomic E-state index is 13.2. The molecule has 4 nitrogen and oxygen atoms in total. The second-order valence-corrected chi connectivity index (χ2v) is 8.66. The van der Waals surface area contributed by atoms with Crippen molar-refractivity contribution in [2.75, 3.05) is 5.32 Å². The standard InChI is InChI=1S/C22H13Cl2F3N2O2S/c23-13-6-5-12(17(24)10-13)9-14-11-28-21(32-14)29-20(30)19-8-7-18(31-19)15-3-1-2-4-16(15)22(25,26)27/h1-8,10-11H,9H2,(H,28,29,30). The lowest BCUT2D eigenvalue weighted by atomic mass is 10.1. The molecule has 1 amide bonds. The van der Waals surface area contributed by atoms with Crippen molar-refractivity contribution in [1.82, 2.24) is 4.98 Å². The van der Waals surface area contributed by atoms with Crippen LogP contribution in [0.4, 0.5) is 18.3 Å². The molecule has 0 bridgehead atoms. The predicted octanol–water partition coefficient (Wildman–Crippen LogP) is 7.57. The van der Waals surface area contributed by atoms with Crippen LogP contribution in [0.5, 0.6) is 0 Å². The molecule has 4 rings (SSSR count). The van der Waals surface area contributed by atoms with Crippen LogP contribution in [-0.4, -0.2) is 10.9 Å². The highest BCUT2D eigenvalue weighted by Gasteiger charge is 2.34. The van der Waals surface area contributed by atoms with Crippen molar-refractivity contribution < 1.29 is 22.4 Å². The lowest BCUT2D eigenvalue weighted by Crippen LogP contribution is -2.10. The second-order valence-electron chi connectivity index (χ2n) is 6.71. The number of rotatable bonds is 5. The monoisotopic (exact) mass is 496 g/mol. The van der Waals surface area contributed by atoms with Crippen molar-refractivity contribution in [2.45, 2.75) is 12.6 Å². The molecule has 2 aromatic carbocycles. The summed E-state index contributed by atoms with van der Waals surface area (Å²) in [6, 6.07) is 12.9. The van der Waals surface area contributed by atoms with Crippen molar-refractivity contribution in [3.8, 4) is 11.3 Å². The van der Waals surface area contributed by atoms with Crippen LogP contribution in [0.25, 0.3) is 11.3 Å².